The summed E-state index contributed by atoms with van der Waals surface area (Å²) in [5, 5.41) is 3.02. The van der Waals surface area contributed by atoms with Crippen molar-refractivity contribution in [3.8, 4) is 0 Å². The Hall–Kier alpha value is -2.14. The number of halogens is 1. The van der Waals surface area contributed by atoms with Crippen molar-refractivity contribution in [2.24, 2.45) is 0 Å². The molecular weight excluding hydrogens is 438 g/mol. The average molecular weight is 470 g/mol. The number of fused-ring (bicyclic) bond motifs is 1. The third kappa shape index (κ3) is 6.43. The zero-order chi connectivity index (χ0) is 21.2. The fourth-order valence-electron chi connectivity index (χ4n) is 3.80. The topological polar surface area (TPSA) is 46.9 Å². The van der Waals surface area contributed by atoms with Gasteiger partial charge in [-0.05, 0) is 43.2 Å². The van der Waals surface area contributed by atoms with E-state index in [1.54, 1.807) is 0 Å². The number of hydrogen-bond donors (Lipinski definition) is 1. The molecule has 160 valence electrons. The first-order valence-electron chi connectivity index (χ1n) is 11.2. The number of nitrogens with one attached hydrogen (secondary N) is 1. The summed E-state index contributed by atoms with van der Waals surface area (Å²) in [7, 11) is 0. The van der Waals surface area contributed by atoms with Crippen molar-refractivity contribution in [2.45, 2.75) is 64.8 Å². The Morgan fingerprint density at radius 3 is 2.63 bits per heavy atom. The molecule has 3 aromatic rings. The molecule has 1 amide bonds. The molecule has 4 nitrogen and oxygen atoms in total. The summed E-state index contributed by atoms with van der Waals surface area (Å²) in [6, 6.07) is 15.9. The first kappa shape index (κ1) is 22.5. The normalized spacial score (nSPS) is 11.1. The number of carbonyl (C=O) groups excluding carboxylic acids is 1. The summed E-state index contributed by atoms with van der Waals surface area (Å²) in [5.74, 6) is 1.10. The minimum Gasteiger partial charge on any atom is -0.352 e. The first-order valence-corrected chi connectivity index (χ1v) is 12.0. The predicted octanol–water partition coefficient (Wildman–Crippen LogP) is 6.52. The van der Waals surface area contributed by atoms with Crippen molar-refractivity contribution in [1.82, 2.24) is 14.9 Å². The molecular formula is C25H32BrN3O. The van der Waals surface area contributed by atoms with E-state index in [0.717, 1.165) is 35.2 Å². The quantitative estimate of drug-likeness (QED) is 0.306. The summed E-state index contributed by atoms with van der Waals surface area (Å²) in [6.07, 6.45) is 9.48. The molecule has 0 fully saturated rings. The van der Waals surface area contributed by atoms with Crippen LogP contribution in [0.4, 0.5) is 0 Å². The number of unbranched alkanes of at least 4 members (excludes halogenated alkanes) is 5. The summed E-state index contributed by atoms with van der Waals surface area (Å²) in [5.41, 5.74) is 2.97. The summed E-state index contributed by atoms with van der Waals surface area (Å²) in [4.78, 5) is 17.2. The van der Waals surface area contributed by atoms with Crippen molar-refractivity contribution < 1.29 is 4.79 Å². The summed E-state index contributed by atoms with van der Waals surface area (Å²) >= 11 is 3.41. The molecule has 1 N–H and O–H groups in total. The van der Waals surface area contributed by atoms with Crippen molar-refractivity contribution in [3.05, 3.63) is 64.4 Å². The lowest BCUT2D eigenvalue weighted by atomic mass is 10.1. The molecule has 2 aromatic carbocycles. The van der Waals surface area contributed by atoms with Crippen LogP contribution in [0.2, 0.25) is 0 Å². The Morgan fingerprint density at radius 1 is 1.00 bits per heavy atom. The van der Waals surface area contributed by atoms with E-state index in [9.17, 15) is 4.79 Å². The van der Waals surface area contributed by atoms with Gasteiger partial charge in [0, 0.05) is 29.5 Å². The van der Waals surface area contributed by atoms with Crippen LogP contribution in [0.3, 0.4) is 0 Å². The van der Waals surface area contributed by atoms with Crippen molar-refractivity contribution in [1.29, 1.82) is 0 Å². The van der Waals surface area contributed by atoms with Crippen LogP contribution in [-0.4, -0.2) is 22.0 Å². The smallest absolute Gasteiger partial charge is 0.251 e. The number of rotatable bonds is 12. The van der Waals surface area contributed by atoms with Gasteiger partial charge in [0.2, 0.25) is 0 Å². The third-order valence-corrected chi connectivity index (χ3v) is 5.91. The van der Waals surface area contributed by atoms with Gasteiger partial charge in [0.1, 0.15) is 5.82 Å². The average Bonchev–Trinajstić information content (AvgIpc) is 3.11. The number of aryl methyl sites for hydroxylation is 2. The van der Waals surface area contributed by atoms with Crippen molar-refractivity contribution >= 4 is 32.9 Å². The number of benzene rings is 2. The Balaban J connectivity index is 1.53. The molecule has 0 saturated carbocycles. The van der Waals surface area contributed by atoms with Gasteiger partial charge in [-0.15, -0.1) is 0 Å². The molecule has 5 heteroatoms. The molecule has 0 spiro atoms. The van der Waals surface area contributed by atoms with Crippen LogP contribution in [0.5, 0.6) is 0 Å². The van der Waals surface area contributed by atoms with Gasteiger partial charge in [-0.3, -0.25) is 4.79 Å². The zero-order valence-electron chi connectivity index (χ0n) is 17.9. The van der Waals surface area contributed by atoms with Gasteiger partial charge < -0.3 is 9.88 Å². The third-order valence-electron chi connectivity index (χ3n) is 5.42. The van der Waals surface area contributed by atoms with Crippen LogP contribution in [0.15, 0.2) is 53.0 Å². The number of hydrogen-bond acceptors (Lipinski definition) is 2. The first-order chi connectivity index (χ1) is 14.7. The van der Waals surface area contributed by atoms with Crippen LogP contribution in [0.1, 0.15) is 68.1 Å². The lowest BCUT2D eigenvalue weighted by Crippen LogP contribution is -2.25. The van der Waals surface area contributed by atoms with E-state index in [0.29, 0.717) is 12.1 Å². The highest BCUT2D eigenvalue weighted by atomic mass is 79.9. The van der Waals surface area contributed by atoms with Crippen LogP contribution in [0, 0.1) is 0 Å². The fraction of sp³-hybridized carbons (Fsp3) is 0.440. The van der Waals surface area contributed by atoms with E-state index in [-0.39, 0.29) is 5.91 Å². The number of carbonyl (C=O) groups is 1. The van der Waals surface area contributed by atoms with E-state index in [4.69, 9.17) is 4.98 Å². The van der Waals surface area contributed by atoms with Crippen LogP contribution < -0.4 is 5.32 Å². The standard InChI is InChI=1S/C25H32BrN3O/c1-2-3-4-5-6-9-18-29-23-15-8-7-14-22(23)28-24(29)16-11-17-27-25(30)20-12-10-13-21(26)19-20/h7-8,10,12-15,19H,2-6,9,11,16-18H2,1H3,(H,27,30). The monoisotopic (exact) mass is 469 g/mol. The van der Waals surface area contributed by atoms with Gasteiger partial charge in [0.25, 0.3) is 5.91 Å². The van der Waals surface area contributed by atoms with E-state index in [1.807, 2.05) is 30.3 Å². The zero-order valence-corrected chi connectivity index (χ0v) is 19.5. The number of imidazole rings is 1. The minimum absolute atomic E-state index is 0.0307. The van der Waals surface area contributed by atoms with Gasteiger partial charge >= 0.3 is 0 Å². The number of aromatic nitrogens is 2. The largest absolute Gasteiger partial charge is 0.352 e. The molecule has 1 aromatic heterocycles. The molecule has 0 radical (unpaired) electrons. The summed E-state index contributed by atoms with van der Waals surface area (Å²) < 4.78 is 3.30. The number of nitrogens with zero attached hydrogens (tertiary/aromatic N) is 2. The molecule has 0 saturated heterocycles. The van der Waals surface area contributed by atoms with Crippen molar-refractivity contribution in [3.63, 3.8) is 0 Å². The Bertz CT molecular complexity index is 950. The minimum atomic E-state index is -0.0307. The molecule has 0 aliphatic carbocycles. The van der Waals surface area contributed by atoms with E-state index < -0.39 is 0 Å². The molecule has 30 heavy (non-hydrogen) atoms. The summed E-state index contributed by atoms with van der Waals surface area (Å²) in [6.45, 7) is 3.92. The van der Waals surface area contributed by atoms with Crippen LogP contribution in [0.25, 0.3) is 11.0 Å². The molecule has 0 unspecified atom stereocenters. The number of amides is 1. The molecule has 0 atom stereocenters. The van der Waals surface area contributed by atoms with Gasteiger partial charge in [0.15, 0.2) is 0 Å². The second-order valence-electron chi connectivity index (χ2n) is 7.81. The SMILES string of the molecule is CCCCCCCCn1c(CCCNC(=O)c2cccc(Br)c2)nc2ccccc21. The Labute approximate surface area is 188 Å². The predicted molar refractivity (Wildman–Crippen MR) is 128 cm³/mol. The van der Waals surface area contributed by atoms with E-state index in [1.165, 1.54) is 44.0 Å². The maximum Gasteiger partial charge on any atom is 0.251 e. The van der Waals surface area contributed by atoms with Crippen molar-refractivity contribution in [2.75, 3.05) is 6.54 Å². The van der Waals surface area contributed by atoms with Crippen LogP contribution >= 0.6 is 15.9 Å². The molecule has 3 rings (SSSR count). The molecule has 0 aliphatic rings. The maximum atomic E-state index is 12.3. The van der Waals surface area contributed by atoms with Gasteiger partial charge in [-0.2, -0.15) is 0 Å². The highest BCUT2D eigenvalue weighted by Crippen LogP contribution is 2.19. The molecule has 0 aliphatic heterocycles. The van der Waals surface area contributed by atoms with Gasteiger partial charge in [0.05, 0.1) is 11.0 Å². The van der Waals surface area contributed by atoms with Crippen LogP contribution in [-0.2, 0) is 13.0 Å². The highest BCUT2D eigenvalue weighted by Gasteiger charge is 2.11. The lowest BCUT2D eigenvalue weighted by molar-refractivity contribution is 0.0953. The van der Waals surface area contributed by atoms with Gasteiger partial charge in [-0.25, -0.2) is 4.98 Å². The lowest BCUT2D eigenvalue weighted by Gasteiger charge is -2.10. The second kappa shape index (κ2) is 11.9. The fourth-order valence-corrected chi connectivity index (χ4v) is 4.20. The van der Waals surface area contributed by atoms with E-state index >= 15 is 0 Å². The molecule has 0 bridgehead atoms. The molecule has 1 heterocycles. The number of para-hydroxylation sites is 2. The van der Waals surface area contributed by atoms with E-state index in [2.05, 4.69) is 50.9 Å². The highest BCUT2D eigenvalue weighted by molar-refractivity contribution is 9.10. The van der Waals surface area contributed by atoms with Gasteiger partial charge in [-0.1, -0.05) is 73.2 Å². The second-order valence-corrected chi connectivity index (χ2v) is 8.72. The maximum absolute atomic E-state index is 12.3. The Kier molecular flexibility index (Phi) is 8.94. The Morgan fingerprint density at radius 2 is 1.80 bits per heavy atom.